The lowest BCUT2D eigenvalue weighted by Gasteiger charge is -2.29. The lowest BCUT2D eigenvalue weighted by Crippen LogP contribution is -2.20. The molecule has 0 aliphatic carbocycles. The van der Waals surface area contributed by atoms with Gasteiger partial charge in [-0.1, -0.05) is 50.5 Å². The molecule has 0 radical (unpaired) electrons. The quantitative estimate of drug-likeness (QED) is 0.226. The van der Waals surface area contributed by atoms with Gasteiger partial charge in [0.2, 0.25) is 0 Å². The Kier molecular flexibility index (Phi) is 8.29. The summed E-state index contributed by atoms with van der Waals surface area (Å²) in [5.41, 5.74) is 0.795. The van der Waals surface area contributed by atoms with Crippen LogP contribution in [0.25, 0.3) is 11.7 Å². The van der Waals surface area contributed by atoms with Crippen LogP contribution in [0.1, 0.15) is 68.2 Å². The van der Waals surface area contributed by atoms with Gasteiger partial charge in [-0.05, 0) is 55.0 Å². The van der Waals surface area contributed by atoms with E-state index in [0.29, 0.717) is 12.5 Å². The molecule has 0 N–H and O–H groups in total. The third kappa shape index (κ3) is 6.79. The molecule has 2 aromatic carbocycles. The van der Waals surface area contributed by atoms with E-state index in [0.717, 1.165) is 42.7 Å². The number of hydrogen-bond acceptors (Lipinski definition) is 2. The molecule has 0 bridgehead atoms. The monoisotopic (exact) mass is 454 g/mol. The maximum atomic E-state index is 14.6. The summed E-state index contributed by atoms with van der Waals surface area (Å²) in [7, 11) is 0. The summed E-state index contributed by atoms with van der Waals surface area (Å²) in [4.78, 5) is 0. The second-order valence-electron chi connectivity index (χ2n) is 8.08. The molecule has 1 saturated heterocycles. The lowest BCUT2D eigenvalue weighted by molar-refractivity contribution is -0.274. The van der Waals surface area contributed by atoms with Crippen molar-refractivity contribution in [1.82, 2.24) is 0 Å². The van der Waals surface area contributed by atoms with Gasteiger partial charge in [-0.2, -0.15) is 0 Å². The number of hydrogen-bond donors (Lipinski definition) is 0. The van der Waals surface area contributed by atoms with E-state index in [2.05, 4.69) is 11.7 Å². The first-order valence-electron chi connectivity index (χ1n) is 10.9. The zero-order valence-electron chi connectivity index (χ0n) is 17.9. The van der Waals surface area contributed by atoms with Crippen LogP contribution in [-0.4, -0.2) is 13.0 Å². The SMILES string of the molecule is CCCCCC1CCC(c2ccc(C(F)=C(F)c3ccc(OC(F)(F)F)cc3)cc2)OC1. The Balaban J connectivity index is 1.62. The molecule has 1 fully saturated rings. The van der Waals surface area contributed by atoms with Crippen LogP contribution in [0.2, 0.25) is 0 Å². The van der Waals surface area contributed by atoms with E-state index in [4.69, 9.17) is 4.74 Å². The minimum Gasteiger partial charge on any atom is -0.406 e. The van der Waals surface area contributed by atoms with Crippen LogP contribution in [-0.2, 0) is 4.74 Å². The van der Waals surface area contributed by atoms with Crippen molar-refractivity contribution in [3.63, 3.8) is 0 Å². The number of benzene rings is 2. The number of unbranched alkanes of at least 4 members (excludes halogenated alkanes) is 2. The minimum atomic E-state index is -4.85. The van der Waals surface area contributed by atoms with Crippen LogP contribution in [0.3, 0.4) is 0 Å². The molecule has 0 saturated carbocycles. The topological polar surface area (TPSA) is 18.5 Å². The molecule has 1 heterocycles. The first-order valence-corrected chi connectivity index (χ1v) is 10.9. The van der Waals surface area contributed by atoms with Crippen LogP contribution in [0.5, 0.6) is 5.75 Å². The van der Waals surface area contributed by atoms with Crippen molar-refractivity contribution in [1.29, 1.82) is 0 Å². The first kappa shape index (κ1) is 24.2. The van der Waals surface area contributed by atoms with Crippen molar-refractivity contribution in [2.24, 2.45) is 5.92 Å². The summed E-state index contributed by atoms with van der Waals surface area (Å²) in [5.74, 6) is -2.15. The van der Waals surface area contributed by atoms with Crippen LogP contribution in [0.15, 0.2) is 48.5 Å². The molecule has 174 valence electrons. The minimum absolute atomic E-state index is 0.0510. The van der Waals surface area contributed by atoms with Gasteiger partial charge in [0.1, 0.15) is 5.75 Å². The molecule has 0 aromatic heterocycles. The highest BCUT2D eigenvalue weighted by molar-refractivity contribution is 5.83. The third-order valence-electron chi connectivity index (χ3n) is 5.66. The Bertz CT molecular complexity index is 880. The Labute approximate surface area is 185 Å². The van der Waals surface area contributed by atoms with Crippen molar-refractivity contribution in [3.8, 4) is 5.75 Å². The Hall–Kier alpha value is -2.41. The molecule has 32 heavy (non-hydrogen) atoms. The largest absolute Gasteiger partial charge is 0.573 e. The van der Waals surface area contributed by atoms with Crippen molar-refractivity contribution in [3.05, 3.63) is 65.2 Å². The highest BCUT2D eigenvalue weighted by atomic mass is 19.4. The first-order chi connectivity index (χ1) is 15.3. The molecule has 1 aliphatic heterocycles. The summed E-state index contributed by atoms with van der Waals surface area (Å²) in [6.07, 6.45) is 1.93. The molecule has 2 atom stereocenters. The van der Waals surface area contributed by atoms with E-state index in [1.54, 1.807) is 12.1 Å². The second kappa shape index (κ2) is 10.9. The van der Waals surface area contributed by atoms with Crippen molar-refractivity contribution in [2.75, 3.05) is 6.61 Å². The van der Waals surface area contributed by atoms with Crippen LogP contribution >= 0.6 is 0 Å². The zero-order chi connectivity index (χ0) is 23.1. The number of rotatable bonds is 8. The van der Waals surface area contributed by atoms with Crippen LogP contribution in [0.4, 0.5) is 22.0 Å². The van der Waals surface area contributed by atoms with E-state index in [9.17, 15) is 22.0 Å². The molecule has 0 spiro atoms. The van der Waals surface area contributed by atoms with Crippen molar-refractivity contribution < 1.29 is 31.4 Å². The van der Waals surface area contributed by atoms with E-state index < -0.39 is 23.8 Å². The predicted molar refractivity (Wildman–Crippen MR) is 114 cm³/mol. The van der Waals surface area contributed by atoms with Crippen LogP contribution < -0.4 is 4.74 Å². The standard InChI is InChI=1S/C25H27F5O2/c1-2-3-4-5-17-6-15-22(31-16-17)18-7-9-19(10-8-18)23(26)24(27)20-11-13-21(14-12-20)32-25(28,29)30/h7-14,17,22H,2-6,15-16H2,1H3. The zero-order valence-corrected chi connectivity index (χ0v) is 17.9. The fourth-order valence-corrected chi connectivity index (χ4v) is 3.88. The molecular weight excluding hydrogens is 427 g/mol. The van der Waals surface area contributed by atoms with Gasteiger partial charge in [-0.3, -0.25) is 0 Å². The van der Waals surface area contributed by atoms with Crippen LogP contribution in [0, 0.1) is 5.92 Å². The maximum Gasteiger partial charge on any atom is 0.573 e. The van der Waals surface area contributed by atoms with E-state index >= 15 is 0 Å². The average molecular weight is 454 g/mol. The second-order valence-corrected chi connectivity index (χ2v) is 8.08. The fourth-order valence-electron chi connectivity index (χ4n) is 3.88. The van der Waals surface area contributed by atoms with E-state index in [-0.39, 0.29) is 17.2 Å². The van der Waals surface area contributed by atoms with Gasteiger partial charge in [-0.15, -0.1) is 13.2 Å². The summed E-state index contributed by atoms with van der Waals surface area (Å²) in [5, 5.41) is 0. The fraction of sp³-hybridized carbons (Fsp3) is 0.440. The smallest absolute Gasteiger partial charge is 0.406 e. The molecule has 7 heteroatoms. The van der Waals surface area contributed by atoms with Gasteiger partial charge in [0.05, 0.1) is 12.7 Å². The highest BCUT2D eigenvalue weighted by Crippen LogP contribution is 2.35. The third-order valence-corrected chi connectivity index (χ3v) is 5.66. The maximum absolute atomic E-state index is 14.6. The predicted octanol–water partition coefficient (Wildman–Crippen LogP) is 8.40. The van der Waals surface area contributed by atoms with Crippen molar-refractivity contribution in [2.45, 2.75) is 57.9 Å². The van der Waals surface area contributed by atoms with Gasteiger partial charge < -0.3 is 9.47 Å². The van der Waals surface area contributed by atoms with Crippen molar-refractivity contribution >= 4 is 11.7 Å². The molecule has 0 amide bonds. The Morgan fingerprint density at radius 1 is 0.906 bits per heavy atom. The number of ether oxygens (including phenoxy) is 2. The Morgan fingerprint density at radius 3 is 2.00 bits per heavy atom. The van der Waals surface area contributed by atoms with Gasteiger partial charge in [-0.25, -0.2) is 8.78 Å². The molecule has 1 aliphatic rings. The average Bonchev–Trinajstić information content (AvgIpc) is 2.78. The lowest BCUT2D eigenvalue weighted by atomic mass is 9.90. The highest BCUT2D eigenvalue weighted by Gasteiger charge is 2.31. The molecule has 2 unspecified atom stereocenters. The van der Waals surface area contributed by atoms with Gasteiger partial charge in [0, 0.05) is 11.1 Å². The number of alkyl halides is 3. The van der Waals surface area contributed by atoms with Gasteiger partial charge >= 0.3 is 6.36 Å². The van der Waals surface area contributed by atoms with E-state index in [1.807, 2.05) is 0 Å². The molecule has 3 rings (SSSR count). The van der Waals surface area contributed by atoms with E-state index in [1.165, 1.54) is 37.8 Å². The normalized spacial score (nSPS) is 20.1. The number of halogens is 5. The summed E-state index contributed by atoms with van der Waals surface area (Å²) in [6, 6.07) is 10.4. The van der Waals surface area contributed by atoms with Gasteiger partial charge in [0.25, 0.3) is 0 Å². The Morgan fingerprint density at radius 2 is 1.50 bits per heavy atom. The molecule has 2 nitrogen and oxygen atoms in total. The summed E-state index contributed by atoms with van der Waals surface area (Å²) >= 11 is 0. The summed E-state index contributed by atoms with van der Waals surface area (Å²) in [6.45, 7) is 2.90. The summed E-state index contributed by atoms with van der Waals surface area (Å²) < 4.78 is 75.6. The van der Waals surface area contributed by atoms with Gasteiger partial charge in [0.15, 0.2) is 11.7 Å². The molecule has 2 aromatic rings. The molecular formula is C25H27F5O2.